The van der Waals surface area contributed by atoms with Crippen LogP contribution in [0.3, 0.4) is 0 Å². The van der Waals surface area contributed by atoms with Gasteiger partial charge in [0.15, 0.2) is 0 Å². The minimum atomic E-state index is 0.487. The van der Waals surface area contributed by atoms with E-state index in [0.717, 1.165) is 12.3 Å². The zero-order chi connectivity index (χ0) is 7.98. The molecule has 2 heteroatoms. The predicted molar refractivity (Wildman–Crippen MR) is 47.0 cm³/mol. The molecular formula is C8H16N2. The lowest BCUT2D eigenvalue weighted by Crippen LogP contribution is -2.06. The standard InChI is InChI=1S/C8H16N2/c1-5-7(3)8(9-4)10-6-2/h6-7H,5H2,1-4H3. The number of hydrogen-bond donors (Lipinski definition) is 0. The van der Waals surface area contributed by atoms with E-state index in [1.54, 1.807) is 13.3 Å². The number of aliphatic imine (C=N–C) groups is 2. The molecule has 0 bridgehead atoms. The molecular weight excluding hydrogens is 124 g/mol. The molecule has 0 saturated carbocycles. The van der Waals surface area contributed by atoms with E-state index < -0.39 is 0 Å². The SMILES string of the molecule is CC=NC(=NC)C(C)CC. The lowest BCUT2D eigenvalue weighted by Gasteiger charge is -2.05. The Bertz CT molecular complexity index is 136. The minimum absolute atomic E-state index is 0.487. The Kier molecular flexibility index (Phi) is 4.81. The molecule has 0 amide bonds. The summed E-state index contributed by atoms with van der Waals surface area (Å²) in [5.41, 5.74) is 0. The second kappa shape index (κ2) is 5.15. The van der Waals surface area contributed by atoms with E-state index in [0.29, 0.717) is 5.92 Å². The topological polar surface area (TPSA) is 24.7 Å². The number of rotatable bonds is 2. The fraction of sp³-hybridized carbons (Fsp3) is 0.750. The van der Waals surface area contributed by atoms with Crippen LogP contribution in [0, 0.1) is 5.92 Å². The van der Waals surface area contributed by atoms with Gasteiger partial charge in [-0.2, -0.15) is 0 Å². The molecule has 0 N–H and O–H groups in total. The van der Waals surface area contributed by atoms with Crippen molar-refractivity contribution >= 4 is 12.1 Å². The maximum absolute atomic E-state index is 4.14. The number of hydrogen-bond acceptors (Lipinski definition) is 1. The molecule has 0 heterocycles. The summed E-state index contributed by atoms with van der Waals surface area (Å²) in [5, 5.41) is 0. The summed E-state index contributed by atoms with van der Waals surface area (Å²) in [6.45, 7) is 6.18. The van der Waals surface area contributed by atoms with Crippen LogP contribution in [0.25, 0.3) is 0 Å². The highest BCUT2D eigenvalue weighted by molar-refractivity contribution is 5.90. The molecule has 58 valence electrons. The van der Waals surface area contributed by atoms with Gasteiger partial charge in [0, 0.05) is 19.2 Å². The van der Waals surface area contributed by atoms with Crippen molar-refractivity contribution in [2.45, 2.75) is 27.2 Å². The summed E-state index contributed by atoms with van der Waals surface area (Å²) in [6.07, 6.45) is 2.89. The van der Waals surface area contributed by atoms with Gasteiger partial charge in [0.2, 0.25) is 0 Å². The molecule has 10 heavy (non-hydrogen) atoms. The average molecular weight is 140 g/mol. The van der Waals surface area contributed by atoms with Gasteiger partial charge in [-0.3, -0.25) is 4.99 Å². The molecule has 0 fully saturated rings. The Balaban J connectivity index is 4.08. The van der Waals surface area contributed by atoms with Crippen molar-refractivity contribution in [3.63, 3.8) is 0 Å². The second-order valence-corrected chi connectivity index (χ2v) is 2.28. The van der Waals surface area contributed by atoms with Gasteiger partial charge in [0.05, 0.1) is 0 Å². The third kappa shape index (κ3) is 2.76. The molecule has 0 radical (unpaired) electrons. The summed E-state index contributed by atoms with van der Waals surface area (Å²) in [5.74, 6) is 1.44. The summed E-state index contributed by atoms with van der Waals surface area (Å²) in [7, 11) is 1.79. The first-order chi connectivity index (χ1) is 4.76. The Morgan fingerprint density at radius 3 is 2.50 bits per heavy atom. The molecule has 0 aliphatic carbocycles. The van der Waals surface area contributed by atoms with Crippen molar-refractivity contribution < 1.29 is 0 Å². The van der Waals surface area contributed by atoms with Gasteiger partial charge >= 0.3 is 0 Å². The molecule has 1 atom stereocenters. The normalized spacial score (nSPS) is 16.2. The van der Waals surface area contributed by atoms with Gasteiger partial charge in [0.1, 0.15) is 5.84 Å². The third-order valence-corrected chi connectivity index (χ3v) is 1.54. The average Bonchev–Trinajstić information content (AvgIpc) is 1.99. The molecule has 0 saturated heterocycles. The summed E-state index contributed by atoms with van der Waals surface area (Å²) >= 11 is 0. The van der Waals surface area contributed by atoms with Crippen molar-refractivity contribution in [1.29, 1.82) is 0 Å². The summed E-state index contributed by atoms with van der Waals surface area (Å²) < 4.78 is 0. The van der Waals surface area contributed by atoms with Crippen LogP contribution in [0.15, 0.2) is 9.98 Å². The molecule has 1 unspecified atom stereocenters. The minimum Gasteiger partial charge on any atom is -0.274 e. The van der Waals surface area contributed by atoms with Crippen molar-refractivity contribution in [2.75, 3.05) is 7.05 Å². The van der Waals surface area contributed by atoms with Crippen LogP contribution in [0.5, 0.6) is 0 Å². The van der Waals surface area contributed by atoms with E-state index in [9.17, 15) is 0 Å². The van der Waals surface area contributed by atoms with Gasteiger partial charge in [-0.25, -0.2) is 4.99 Å². The zero-order valence-electron chi connectivity index (χ0n) is 7.26. The molecule has 0 aliphatic rings. The van der Waals surface area contributed by atoms with E-state index in [1.165, 1.54) is 0 Å². The fourth-order valence-corrected chi connectivity index (χ4v) is 0.720. The number of nitrogens with zero attached hydrogens (tertiary/aromatic N) is 2. The maximum atomic E-state index is 4.14. The maximum Gasteiger partial charge on any atom is 0.125 e. The van der Waals surface area contributed by atoms with Gasteiger partial charge in [-0.1, -0.05) is 13.8 Å². The van der Waals surface area contributed by atoms with Crippen LogP contribution >= 0.6 is 0 Å². The van der Waals surface area contributed by atoms with Gasteiger partial charge in [0.25, 0.3) is 0 Å². The monoisotopic (exact) mass is 140 g/mol. The highest BCUT2D eigenvalue weighted by Gasteiger charge is 2.03. The van der Waals surface area contributed by atoms with E-state index >= 15 is 0 Å². The predicted octanol–water partition coefficient (Wildman–Crippen LogP) is 2.15. The molecule has 0 aromatic heterocycles. The van der Waals surface area contributed by atoms with Crippen LogP contribution in [0.1, 0.15) is 27.2 Å². The zero-order valence-corrected chi connectivity index (χ0v) is 7.26. The van der Waals surface area contributed by atoms with Crippen LogP contribution in [0.2, 0.25) is 0 Å². The molecule has 0 rings (SSSR count). The summed E-state index contributed by atoms with van der Waals surface area (Å²) in [4.78, 5) is 8.21. The van der Waals surface area contributed by atoms with Crippen LogP contribution in [-0.2, 0) is 0 Å². The van der Waals surface area contributed by atoms with Gasteiger partial charge in [-0.15, -0.1) is 0 Å². The first-order valence-electron chi connectivity index (χ1n) is 3.71. The van der Waals surface area contributed by atoms with Gasteiger partial charge in [-0.05, 0) is 13.3 Å². The van der Waals surface area contributed by atoms with Gasteiger partial charge < -0.3 is 0 Å². The third-order valence-electron chi connectivity index (χ3n) is 1.54. The first-order valence-corrected chi connectivity index (χ1v) is 3.71. The Hall–Kier alpha value is -0.660. The number of amidine groups is 1. The lowest BCUT2D eigenvalue weighted by atomic mass is 10.1. The summed E-state index contributed by atoms with van der Waals surface area (Å²) in [6, 6.07) is 0. The van der Waals surface area contributed by atoms with E-state index in [4.69, 9.17) is 0 Å². The fourth-order valence-electron chi connectivity index (χ4n) is 0.720. The molecule has 0 aromatic rings. The Morgan fingerprint density at radius 2 is 2.20 bits per heavy atom. The van der Waals surface area contributed by atoms with Crippen LogP contribution in [0.4, 0.5) is 0 Å². The highest BCUT2D eigenvalue weighted by atomic mass is 14.9. The molecule has 0 aliphatic heterocycles. The van der Waals surface area contributed by atoms with Crippen LogP contribution < -0.4 is 0 Å². The molecule has 0 spiro atoms. The van der Waals surface area contributed by atoms with Crippen molar-refractivity contribution in [3.05, 3.63) is 0 Å². The van der Waals surface area contributed by atoms with Crippen molar-refractivity contribution in [1.82, 2.24) is 0 Å². The highest BCUT2D eigenvalue weighted by Crippen LogP contribution is 2.03. The first kappa shape index (κ1) is 9.34. The van der Waals surface area contributed by atoms with E-state index in [2.05, 4.69) is 23.8 Å². The van der Waals surface area contributed by atoms with Crippen molar-refractivity contribution in [2.24, 2.45) is 15.9 Å². The quantitative estimate of drug-likeness (QED) is 0.415. The molecule has 0 aromatic carbocycles. The lowest BCUT2D eigenvalue weighted by molar-refractivity contribution is 0.731. The molecule has 2 nitrogen and oxygen atoms in total. The van der Waals surface area contributed by atoms with E-state index in [1.807, 2.05) is 6.92 Å². The van der Waals surface area contributed by atoms with E-state index in [-0.39, 0.29) is 0 Å². The second-order valence-electron chi connectivity index (χ2n) is 2.28. The largest absolute Gasteiger partial charge is 0.274 e. The Morgan fingerprint density at radius 1 is 1.60 bits per heavy atom. The van der Waals surface area contributed by atoms with Crippen molar-refractivity contribution in [3.8, 4) is 0 Å². The smallest absolute Gasteiger partial charge is 0.125 e. The van der Waals surface area contributed by atoms with Crippen LogP contribution in [-0.4, -0.2) is 19.1 Å². The Labute approximate surface area is 63.1 Å².